The Balaban J connectivity index is 1.42. The Labute approximate surface area is 175 Å². The standard InChI is InChI=1S/C22H26N4O4/c1-29-19-10-16-13-26(21(27)17-7-6-14(11-24-17)22(28)30-2)12-15(16)9-18(19)25-20-5-3-4-8-23-20/h3-8,11,15-16,18-19H,9-10,12-13H2,1-2H3,(H,23,25)/t15-,16+,18-,19-/m1/s1. The van der Waals surface area contributed by atoms with Gasteiger partial charge in [0.1, 0.15) is 11.5 Å². The normalized spacial score (nSPS) is 25.5. The third-order valence-electron chi connectivity index (χ3n) is 6.11. The molecule has 2 aromatic rings. The summed E-state index contributed by atoms with van der Waals surface area (Å²) in [6.45, 7) is 1.39. The van der Waals surface area contributed by atoms with Gasteiger partial charge in [-0.3, -0.25) is 9.78 Å². The number of rotatable bonds is 5. The molecule has 1 saturated heterocycles. The smallest absolute Gasteiger partial charge is 0.339 e. The second kappa shape index (κ2) is 8.79. The summed E-state index contributed by atoms with van der Waals surface area (Å²) in [5.41, 5.74) is 0.670. The average molecular weight is 410 g/mol. The number of methoxy groups -OCH3 is 2. The number of aromatic nitrogens is 2. The lowest BCUT2D eigenvalue weighted by Gasteiger charge is -2.37. The van der Waals surface area contributed by atoms with E-state index in [2.05, 4.69) is 20.0 Å². The number of carbonyl (C=O) groups excluding carboxylic acids is 2. The van der Waals surface area contributed by atoms with E-state index in [4.69, 9.17) is 4.74 Å². The third kappa shape index (κ3) is 4.14. The maximum atomic E-state index is 13.0. The molecule has 3 heterocycles. The van der Waals surface area contributed by atoms with Crippen LogP contribution in [0.3, 0.4) is 0 Å². The van der Waals surface area contributed by atoms with Gasteiger partial charge in [-0.1, -0.05) is 6.07 Å². The van der Waals surface area contributed by atoms with Crippen LogP contribution in [0.4, 0.5) is 5.82 Å². The number of likely N-dealkylation sites (tertiary alicyclic amines) is 1. The van der Waals surface area contributed by atoms with E-state index >= 15 is 0 Å². The molecule has 30 heavy (non-hydrogen) atoms. The molecule has 158 valence electrons. The van der Waals surface area contributed by atoms with Crippen LogP contribution in [-0.2, 0) is 9.47 Å². The number of esters is 1. The van der Waals surface area contributed by atoms with Crippen molar-refractivity contribution in [2.75, 3.05) is 32.6 Å². The molecule has 1 N–H and O–H groups in total. The lowest BCUT2D eigenvalue weighted by molar-refractivity contribution is 0.0304. The van der Waals surface area contributed by atoms with Crippen LogP contribution < -0.4 is 5.32 Å². The predicted molar refractivity (Wildman–Crippen MR) is 110 cm³/mol. The number of anilines is 1. The van der Waals surface area contributed by atoms with Gasteiger partial charge in [0.15, 0.2) is 0 Å². The maximum absolute atomic E-state index is 13.0. The molecule has 1 saturated carbocycles. The Kier molecular flexibility index (Phi) is 5.94. The van der Waals surface area contributed by atoms with Crippen molar-refractivity contribution in [3.8, 4) is 0 Å². The molecule has 1 aliphatic heterocycles. The van der Waals surface area contributed by atoms with Crippen molar-refractivity contribution in [1.29, 1.82) is 0 Å². The van der Waals surface area contributed by atoms with E-state index < -0.39 is 5.97 Å². The fourth-order valence-electron chi connectivity index (χ4n) is 4.55. The van der Waals surface area contributed by atoms with Crippen molar-refractivity contribution in [2.45, 2.75) is 25.0 Å². The number of hydrogen-bond donors (Lipinski definition) is 1. The molecular formula is C22H26N4O4. The van der Waals surface area contributed by atoms with Crippen LogP contribution in [0.2, 0.25) is 0 Å². The summed E-state index contributed by atoms with van der Waals surface area (Å²) in [5, 5.41) is 3.50. The van der Waals surface area contributed by atoms with Crippen LogP contribution >= 0.6 is 0 Å². The van der Waals surface area contributed by atoms with Crippen molar-refractivity contribution >= 4 is 17.7 Å². The Bertz CT molecular complexity index is 890. The number of nitrogens with one attached hydrogen (secondary N) is 1. The van der Waals surface area contributed by atoms with E-state index in [0.29, 0.717) is 36.2 Å². The summed E-state index contributed by atoms with van der Waals surface area (Å²) >= 11 is 0. The summed E-state index contributed by atoms with van der Waals surface area (Å²) in [4.78, 5) is 34.9. The summed E-state index contributed by atoms with van der Waals surface area (Å²) in [6.07, 6.45) is 5.03. The average Bonchev–Trinajstić information content (AvgIpc) is 3.21. The number of fused-ring (bicyclic) bond motifs is 1. The van der Waals surface area contributed by atoms with Gasteiger partial charge in [0.2, 0.25) is 0 Å². The molecule has 1 amide bonds. The monoisotopic (exact) mass is 410 g/mol. The van der Waals surface area contributed by atoms with Gasteiger partial charge >= 0.3 is 5.97 Å². The molecule has 0 bridgehead atoms. The molecule has 0 unspecified atom stereocenters. The van der Waals surface area contributed by atoms with Gasteiger partial charge in [-0.05, 0) is 48.9 Å². The number of carbonyl (C=O) groups is 2. The highest BCUT2D eigenvalue weighted by Gasteiger charge is 2.44. The topological polar surface area (TPSA) is 93.7 Å². The van der Waals surface area contributed by atoms with Crippen LogP contribution in [0.25, 0.3) is 0 Å². The molecule has 0 radical (unpaired) electrons. The van der Waals surface area contributed by atoms with E-state index in [9.17, 15) is 9.59 Å². The van der Waals surface area contributed by atoms with Crippen LogP contribution in [-0.4, -0.2) is 66.2 Å². The number of ether oxygens (including phenoxy) is 2. The Morgan fingerprint density at radius 1 is 1.07 bits per heavy atom. The molecule has 1 aliphatic carbocycles. The highest BCUT2D eigenvalue weighted by atomic mass is 16.5. The lowest BCUT2D eigenvalue weighted by Crippen LogP contribution is -2.44. The molecule has 0 aromatic carbocycles. The first kappa shape index (κ1) is 20.3. The molecule has 2 aliphatic rings. The van der Waals surface area contributed by atoms with Crippen molar-refractivity contribution in [1.82, 2.24) is 14.9 Å². The fraction of sp³-hybridized carbons (Fsp3) is 0.455. The minimum absolute atomic E-state index is 0.0702. The van der Waals surface area contributed by atoms with Crippen LogP contribution in [0.15, 0.2) is 42.7 Å². The first-order valence-electron chi connectivity index (χ1n) is 10.1. The van der Waals surface area contributed by atoms with E-state index in [1.165, 1.54) is 13.3 Å². The second-order valence-corrected chi connectivity index (χ2v) is 7.87. The Morgan fingerprint density at radius 2 is 1.87 bits per heavy atom. The van der Waals surface area contributed by atoms with Crippen LogP contribution in [0, 0.1) is 11.8 Å². The predicted octanol–water partition coefficient (Wildman–Crippen LogP) is 2.24. The number of amides is 1. The molecule has 8 nitrogen and oxygen atoms in total. The summed E-state index contributed by atoms with van der Waals surface area (Å²) in [6, 6.07) is 9.11. The first-order chi connectivity index (χ1) is 14.6. The highest BCUT2D eigenvalue weighted by molar-refractivity contribution is 5.94. The molecular weight excluding hydrogens is 384 g/mol. The van der Waals surface area contributed by atoms with Gasteiger partial charge in [0.25, 0.3) is 5.91 Å². The van der Waals surface area contributed by atoms with Gasteiger partial charge in [-0.25, -0.2) is 9.78 Å². The Morgan fingerprint density at radius 3 is 2.50 bits per heavy atom. The van der Waals surface area contributed by atoms with Gasteiger partial charge in [0, 0.05) is 32.6 Å². The second-order valence-electron chi connectivity index (χ2n) is 7.87. The van der Waals surface area contributed by atoms with Crippen LogP contribution in [0.1, 0.15) is 33.7 Å². The van der Waals surface area contributed by atoms with Gasteiger partial charge in [0.05, 0.1) is 24.8 Å². The maximum Gasteiger partial charge on any atom is 0.339 e. The van der Waals surface area contributed by atoms with Crippen molar-refractivity contribution < 1.29 is 19.1 Å². The molecule has 4 atom stereocenters. The Hall–Kier alpha value is -3.00. The molecule has 8 heteroatoms. The van der Waals surface area contributed by atoms with Crippen molar-refractivity contribution in [3.05, 3.63) is 54.0 Å². The molecule has 2 fully saturated rings. The minimum Gasteiger partial charge on any atom is -0.465 e. The molecule has 4 rings (SSSR count). The zero-order valence-corrected chi connectivity index (χ0v) is 17.2. The van der Waals surface area contributed by atoms with Gasteiger partial charge < -0.3 is 19.7 Å². The lowest BCUT2D eigenvalue weighted by atomic mass is 9.77. The van der Waals surface area contributed by atoms with E-state index in [-0.39, 0.29) is 18.1 Å². The third-order valence-corrected chi connectivity index (χ3v) is 6.11. The quantitative estimate of drug-likeness (QED) is 0.756. The summed E-state index contributed by atoms with van der Waals surface area (Å²) in [7, 11) is 3.05. The molecule has 2 aromatic heterocycles. The van der Waals surface area contributed by atoms with Crippen molar-refractivity contribution in [3.63, 3.8) is 0 Å². The van der Waals surface area contributed by atoms with Crippen LogP contribution in [0.5, 0.6) is 0 Å². The van der Waals surface area contributed by atoms with Gasteiger partial charge in [-0.2, -0.15) is 0 Å². The zero-order valence-electron chi connectivity index (χ0n) is 17.2. The largest absolute Gasteiger partial charge is 0.465 e. The number of hydrogen-bond acceptors (Lipinski definition) is 7. The summed E-state index contributed by atoms with van der Waals surface area (Å²) in [5.74, 6) is 1.06. The van der Waals surface area contributed by atoms with Gasteiger partial charge in [-0.15, -0.1) is 0 Å². The SMILES string of the molecule is COC(=O)c1ccc(C(=O)N2C[C@H]3C[C@@H](Nc4ccccn4)[C@H](OC)C[C@H]3C2)nc1. The number of pyridine rings is 2. The fourth-order valence-corrected chi connectivity index (χ4v) is 4.55. The van der Waals surface area contributed by atoms with E-state index in [1.54, 1.807) is 25.4 Å². The minimum atomic E-state index is -0.467. The van der Waals surface area contributed by atoms with Crippen molar-refractivity contribution in [2.24, 2.45) is 11.8 Å². The summed E-state index contributed by atoms with van der Waals surface area (Å²) < 4.78 is 10.4. The highest BCUT2D eigenvalue weighted by Crippen LogP contribution is 2.38. The van der Waals surface area contributed by atoms with E-state index in [0.717, 1.165) is 18.7 Å². The van der Waals surface area contributed by atoms with E-state index in [1.807, 2.05) is 23.1 Å². The number of nitrogens with zero attached hydrogens (tertiary/aromatic N) is 3. The zero-order chi connectivity index (χ0) is 21.1. The molecule has 0 spiro atoms. The first-order valence-corrected chi connectivity index (χ1v) is 10.1.